The van der Waals surface area contributed by atoms with E-state index in [1.165, 1.54) is 17.0 Å². The molecule has 0 saturated carbocycles. The Morgan fingerprint density at radius 2 is 1.68 bits per heavy atom. The normalized spacial score (nSPS) is 13.3. The molecule has 1 N–H and O–H groups in total. The molecule has 3 aromatic carbocycles. The lowest BCUT2D eigenvalue weighted by molar-refractivity contribution is -0.139. The Morgan fingerprint density at radius 1 is 0.950 bits per heavy atom. The van der Waals surface area contributed by atoms with Crippen LogP contribution in [-0.2, 0) is 26.2 Å². The summed E-state index contributed by atoms with van der Waals surface area (Å²) in [6.45, 7) is 6.36. The van der Waals surface area contributed by atoms with Gasteiger partial charge in [0.2, 0.25) is 11.8 Å². The zero-order chi connectivity index (χ0) is 28.7. The predicted molar refractivity (Wildman–Crippen MR) is 153 cm³/mol. The minimum atomic E-state index is -4.16. The van der Waals surface area contributed by atoms with Gasteiger partial charge < -0.3 is 19.7 Å². The number of benzene rings is 3. The maximum atomic E-state index is 14.0. The Labute approximate surface area is 235 Å². The lowest BCUT2D eigenvalue weighted by Gasteiger charge is -2.32. The summed E-state index contributed by atoms with van der Waals surface area (Å²) in [5, 5.41) is 2.84. The number of nitrogens with one attached hydrogen (secondary N) is 1. The largest absolute Gasteiger partial charge is 0.486 e. The molecule has 0 unspecified atom stereocenters. The molecule has 212 valence electrons. The first kappa shape index (κ1) is 28.9. The number of sulfonamides is 1. The standard InChI is InChI=1S/C30H35N3O6S/c1-4-15-31-30(35)23(3)32(20-24-10-8-9-22(2)18-24)29(34)21-33(40(36,37)26-11-6-5-7-12-26)25-13-14-27-28(19-25)39-17-16-38-27/h5-14,18-19,23H,4,15-17,20-21H2,1-3H3,(H,31,35)/t23-/m1/s1. The Kier molecular flexibility index (Phi) is 9.31. The summed E-state index contributed by atoms with van der Waals surface area (Å²) in [4.78, 5) is 28.4. The van der Waals surface area contributed by atoms with Crippen LogP contribution in [0.2, 0.25) is 0 Å². The van der Waals surface area contributed by atoms with E-state index in [-0.39, 0.29) is 23.0 Å². The third-order valence-electron chi connectivity index (χ3n) is 6.58. The molecule has 9 nitrogen and oxygen atoms in total. The SMILES string of the molecule is CCCNC(=O)[C@@H](C)N(Cc1cccc(C)c1)C(=O)CN(c1ccc2c(c1)OCCO2)S(=O)(=O)c1ccccc1. The maximum Gasteiger partial charge on any atom is 0.264 e. The molecule has 0 spiro atoms. The Balaban J connectivity index is 1.72. The van der Waals surface area contributed by atoms with Crippen molar-refractivity contribution in [1.82, 2.24) is 10.2 Å². The van der Waals surface area contributed by atoms with Crippen molar-refractivity contribution in [1.29, 1.82) is 0 Å². The average Bonchev–Trinajstić information content (AvgIpc) is 2.97. The third-order valence-corrected chi connectivity index (χ3v) is 8.36. The molecule has 10 heteroatoms. The number of carbonyl (C=O) groups is 2. The lowest BCUT2D eigenvalue weighted by Crippen LogP contribution is -2.51. The van der Waals surface area contributed by atoms with E-state index in [0.29, 0.717) is 31.3 Å². The van der Waals surface area contributed by atoms with Gasteiger partial charge in [-0.1, -0.05) is 55.0 Å². The van der Waals surface area contributed by atoms with Crippen molar-refractivity contribution in [3.8, 4) is 11.5 Å². The minimum absolute atomic E-state index is 0.0386. The quantitative estimate of drug-likeness (QED) is 0.378. The molecule has 1 atom stereocenters. The van der Waals surface area contributed by atoms with E-state index in [1.54, 1.807) is 43.3 Å². The highest BCUT2D eigenvalue weighted by Gasteiger charge is 2.33. The molecule has 0 saturated heterocycles. The number of ether oxygens (including phenoxy) is 2. The molecule has 0 radical (unpaired) electrons. The van der Waals surface area contributed by atoms with Crippen LogP contribution >= 0.6 is 0 Å². The second-order valence-electron chi connectivity index (χ2n) is 9.63. The summed E-state index contributed by atoms with van der Waals surface area (Å²) in [6.07, 6.45) is 0.748. The Morgan fingerprint density at radius 3 is 2.38 bits per heavy atom. The molecule has 3 aromatic rings. The zero-order valence-electron chi connectivity index (χ0n) is 23.0. The summed E-state index contributed by atoms with van der Waals surface area (Å²) >= 11 is 0. The highest BCUT2D eigenvalue weighted by Crippen LogP contribution is 2.36. The van der Waals surface area contributed by atoms with E-state index < -0.39 is 28.5 Å². The molecule has 0 aromatic heterocycles. The fourth-order valence-electron chi connectivity index (χ4n) is 4.42. The number of carbonyl (C=O) groups excluding carboxylic acids is 2. The topological polar surface area (TPSA) is 105 Å². The monoisotopic (exact) mass is 565 g/mol. The van der Waals surface area contributed by atoms with Gasteiger partial charge in [-0.3, -0.25) is 13.9 Å². The van der Waals surface area contributed by atoms with Crippen LogP contribution in [-0.4, -0.2) is 57.5 Å². The van der Waals surface area contributed by atoms with Gasteiger partial charge in [-0.2, -0.15) is 0 Å². The van der Waals surface area contributed by atoms with Crippen molar-refractivity contribution in [2.45, 2.75) is 44.7 Å². The number of aryl methyl sites for hydroxylation is 1. The van der Waals surface area contributed by atoms with Crippen molar-refractivity contribution in [3.63, 3.8) is 0 Å². The minimum Gasteiger partial charge on any atom is -0.486 e. The first-order valence-electron chi connectivity index (χ1n) is 13.3. The first-order chi connectivity index (χ1) is 19.2. The van der Waals surface area contributed by atoms with E-state index in [0.717, 1.165) is 21.9 Å². The molecule has 1 heterocycles. The van der Waals surface area contributed by atoms with E-state index in [1.807, 2.05) is 38.1 Å². The smallest absolute Gasteiger partial charge is 0.264 e. The molecular formula is C30H35N3O6S. The number of amides is 2. The van der Waals surface area contributed by atoms with Crippen LogP contribution in [0.1, 0.15) is 31.4 Å². The van der Waals surface area contributed by atoms with Crippen molar-refractivity contribution in [2.24, 2.45) is 0 Å². The van der Waals surface area contributed by atoms with Crippen molar-refractivity contribution >= 4 is 27.5 Å². The van der Waals surface area contributed by atoms with Crippen LogP contribution in [0.25, 0.3) is 0 Å². The summed E-state index contributed by atoms with van der Waals surface area (Å²) in [6, 6.07) is 19.5. The maximum absolute atomic E-state index is 14.0. The number of fused-ring (bicyclic) bond motifs is 1. The van der Waals surface area contributed by atoms with Gasteiger partial charge in [0.1, 0.15) is 25.8 Å². The molecule has 2 amide bonds. The van der Waals surface area contributed by atoms with E-state index in [2.05, 4.69) is 5.32 Å². The van der Waals surface area contributed by atoms with Crippen molar-refractivity contribution < 1.29 is 27.5 Å². The van der Waals surface area contributed by atoms with E-state index >= 15 is 0 Å². The van der Waals surface area contributed by atoms with Crippen molar-refractivity contribution in [2.75, 3.05) is 30.6 Å². The highest BCUT2D eigenvalue weighted by molar-refractivity contribution is 7.92. The fraction of sp³-hybridized carbons (Fsp3) is 0.333. The third kappa shape index (κ3) is 6.74. The first-order valence-corrected chi connectivity index (χ1v) is 14.7. The number of rotatable bonds is 11. The summed E-state index contributed by atoms with van der Waals surface area (Å²) in [5.41, 5.74) is 2.10. The van der Waals surface area contributed by atoms with Crippen LogP contribution in [0.15, 0.2) is 77.7 Å². The number of nitrogens with zero attached hydrogens (tertiary/aromatic N) is 2. The second kappa shape index (κ2) is 12.9. The molecule has 4 rings (SSSR count). The van der Waals surface area contributed by atoms with Gasteiger partial charge in [0.25, 0.3) is 10.0 Å². The predicted octanol–water partition coefficient (Wildman–Crippen LogP) is 3.91. The van der Waals surface area contributed by atoms with Gasteiger partial charge in [-0.15, -0.1) is 0 Å². The lowest BCUT2D eigenvalue weighted by atomic mass is 10.1. The fourth-order valence-corrected chi connectivity index (χ4v) is 5.85. The van der Waals surface area contributed by atoms with Crippen LogP contribution in [0, 0.1) is 6.92 Å². The van der Waals surface area contributed by atoms with Crippen LogP contribution < -0.4 is 19.1 Å². The van der Waals surface area contributed by atoms with Crippen LogP contribution in [0.4, 0.5) is 5.69 Å². The molecule has 0 fully saturated rings. The molecular weight excluding hydrogens is 530 g/mol. The molecule has 40 heavy (non-hydrogen) atoms. The Hall–Kier alpha value is -4.05. The summed E-state index contributed by atoms with van der Waals surface area (Å²) < 4.78 is 40.2. The Bertz CT molecular complexity index is 1440. The average molecular weight is 566 g/mol. The van der Waals surface area contributed by atoms with Gasteiger partial charge in [-0.25, -0.2) is 8.42 Å². The molecule has 0 aliphatic carbocycles. The zero-order valence-corrected chi connectivity index (χ0v) is 23.8. The summed E-state index contributed by atoms with van der Waals surface area (Å²) in [5.74, 6) is 0.0729. The number of hydrogen-bond donors (Lipinski definition) is 1. The number of hydrogen-bond acceptors (Lipinski definition) is 6. The van der Waals surface area contributed by atoms with Crippen LogP contribution in [0.5, 0.6) is 11.5 Å². The van der Waals surface area contributed by atoms with E-state index in [9.17, 15) is 18.0 Å². The highest BCUT2D eigenvalue weighted by atomic mass is 32.2. The molecule has 0 bridgehead atoms. The van der Waals surface area contributed by atoms with Gasteiger partial charge in [0, 0.05) is 19.2 Å². The second-order valence-corrected chi connectivity index (χ2v) is 11.5. The van der Waals surface area contributed by atoms with E-state index in [4.69, 9.17) is 9.47 Å². The molecule has 1 aliphatic rings. The number of anilines is 1. The van der Waals surface area contributed by atoms with Gasteiger partial charge in [0.15, 0.2) is 11.5 Å². The van der Waals surface area contributed by atoms with Gasteiger partial charge in [-0.05, 0) is 50.1 Å². The van der Waals surface area contributed by atoms with Crippen LogP contribution in [0.3, 0.4) is 0 Å². The van der Waals surface area contributed by atoms with Gasteiger partial charge >= 0.3 is 0 Å². The van der Waals surface area contributed by atoms with Crippen molar-refractivity contribution in [3.05, 3.63) is 83.9 Å². The van der Waals surface area contributed by atoms with Gasteiger partial charge in [0.05, 0.1) is 10.6 Å². The molecule has 1 aliphatic heterocycles. The summed E-state index contributed by atoms with van der Waals surface area (Å²) in [7, 11) is -4.16.